The Kier molecular flexibility index (Phi) is 3.06. The van der Waals surface area contributed by atoms with Gasteiger partial charge in [0.25, 0.3) is 5.88 Å². The third-order valence-corrected chi connectivity index (χ3v) is 2.68. The Balaban J connectivity index is 2.25. The highest BCUT2D eigenvalue weighted by Crippen LogP contribution is 2.28. The monoisotopic (exact) mass is 208 g/mol. The minimum absolute atomic E-state index is 0.366. The lowest BCUT2D eigenvalue weighted by Crippen LogP contribution is -2.14. The molecule has 0 saturated carbocycles. The van der Waals surface area contributed by atoms with E-state index in [1.54, 1.807) is 14.2 Å². The van der Waals surface area contributed by atoms with Gasteiger partial charge in [-0.25, -0.2) is 4.98 Å². The van der Waals surface area contributed by atoms with Crippen molar-refractivity contribution < 1.29 is 9.47 Å². The van der Waals surface area contributed by atoms with Crippen molar-refractivity contribution in [3.05, 3.63) is 17.8 Å². The first-order chi connectivity index (χ1) is 7.35. The summed E-state index contributed by atoms with van der Waals surface area (Å²) in [4.78, 5) is 4.43. The molecule has 0 amide bonds. The first-order valence-electron chi connectivity index (χ1n) is 5.17. The van der Waals surface area contributed by atoms with Gasteiger partial charge < -0.3 is 14.8 Å². The van der Waals surface area contributed by atoms with Crippen LogP contribution in [0.4, 0.5) is 0 Å². The van der Waals surface area contributed by atoms with E-state index in [0.717, 1.165) is 18.7 Å². The Hall–Kier alpha value is -1.29. The van der Waals surface area contributed by atoms with Crippen LogP contribution in [0.1, 0.15) is 24.6 Å². The van der Waals surface area contributed by atoms with Gasteiger partial charge in [-0.3, -0.25) is 0 Å². The number of ether oxygens (including phenoxy) is 2. The smallest absolute Gasteiger partial charge is 0.257 e. The average molecular weight is 208 g/mol. The predicted molar refractivity (Wildman–Crippen MR) is 57.3 cm³/mol. The van der Waals surface area contributed by atoms with Gasteiger partial charge in [0, 0.05) is 6.04 Å². The van der Waals surface area contributed by atoms with Crippen LogP contribution in [-0.4, -0.2) is 25.7 Å². The maximum atomic E-state index is 5.17. The molecule has 1 fully saturated rings. The second-order valence-corrected chi connectivity index (χ2v) is 3.60. The van der Waals surface area contributed by atoms with Gasteiger partial charge in [-0.2, -0.15) is 0 Å². The highest BCUT2D eigenvalue weighted by atomic mass is 16.5. The van der Waals surface area contributed by atoms with Crippen molar-refractivity contribution in [3.63, 3.8) is 0 Å². The number of nitrogens with one attached hydrogen (secondary N) is 1. The van der Waals surface area contributed by atoms with E-state index in [0.29, 0.717) is 17.7 Å². The number of aromatic nitrogens is 1. The molecular formula is C11H16N2O2. The fraction of sp³-hybridized carbons (Fsp3) is 0.545. The zero-order chi connectivity index (χ0) is 10.7. The summed E-state index contributed by atoms with van der Waals surface area (Å²) in [5.41, 5.74) is 1.03. The molecule has 0 radical (unpaired) electrons. The third-order valence-electron chi connectivity index (χ3n) is 2.68. The molecule has 4 heteroatoms. The molecule has 15 heavy (non-hydrogen) atoms. The van der Waals surface area contributed by atoms with Crippen molar-refractivity contribution >= 4 is 0 Å². The fourth-order valence-corrected chi connectivity index (χ4v) is 1.87. The first kappa shape index (κ1) is 10.2. The molecule has 1 unspecified atom stereocenters. The van der Waals surface area contributed by atoms with Gasteiger partial charge in [-0.1, -0.05) is 0 Å². The Bertz CT molecular complexity index is 335. The zero-order valence-electron chi connectivity index (χ0n) is 9.12. The molecule has 1 aliphatic rings. The quantitative estimate of drug-likeness (QED) is 0.818. The summed E-state index contributed by atoms with van der Waals surface area (Å²) in [5.74, 6) is 1.24. The van der Waals surface area contributed by atoms with Crippen LogP contribution >= 0.6 is 0 Å². The zero-order valence-corrected chi connectivity index (χ0v) is 9.12. The minimum Gasteiger partial charge on any atom is -0.491 e. The van der Waals surface area contributed by atoms with Crippen LogP contribution in [0.2, 0.25) is 0 Å². The van der Waals surface area contributed by atoms with E-state index < -0.39 is 0 Å². The van der Waals surface area contributed by atoms with Gasteiger partial charge in [-0.05, 0) is 31.5 Å². The van der Waals surface area contributed by atoms with Crippen LogP contribution in [0.5, 0.6) is 11.6 Å². The van der Waals surface area contributed by atoms with Crippen molar-refractivity contribution in [3.8, 4) is 11.6 Å². The first-order valence-corrected chi connectivity index (χ1v) is 5.17. The van der Waals surface area contributed by atoms with E-state index in [9.17, 15) is 0 Å². The van der Waals surface area contributed by atoms with Crippen LogP contribution in [0, 0.1) is 0 Å². The fourth-order valence-electron chi connectivity index (χ4n) is 1.87. The lowest BCUT2D eigenvalue weighted by atomic mass is 10.1. The summed E-state index contributed by atoms with van der Waals surface area (Å²) in [6, 6.07) is 4.26. The van der Waals surface area contributed by atoms with E-state index >= 15 is 0 Å². The topological polar surface area (TPSA) is 43.4 Å². The van der Waals surface area contributed by atoms with Gasteiger partial charge in [-0.15, -0.1) is 0 Å². The van der Waals surface area contributed by atoms with Gasteiger partial charge in [0.1, 0.15) is 0 Å². The number of hydrogen-bond acceptors (Lipinski definition) is 4. The molecule has 1 N–H and O–H groups in total. The third kappa shape index (κ3) is 2.04. The molecular weight excluding hydrogens is 192 g/mol. The van der Waals surface area contributed by atoms with Gasteiger partial charge in [0.05, 0.1) is 19.9 Å². The molecule has 1 aromatic rings. The second kappa shape index (κ2) is 4.49. The summed E-state index contributed by atoms with van der Waals surface area (Å²) in [6.07, 6.45) is 2.35. The van der Waals surface area contributed by atoms with E-state index in [2.05, 4.69) is 10.3 Å². The average Bonchev–Trinajstić information content (AvgIpc) is 2.81. The van der Waals surface area contributed by atoms with Crippen molar-refractivity contribution in [2.24, 2.45) is 0 Å². The van der Waals surface area contributed by atoms with Crippen molar-refractivity contribution in [1.82, 2.24) is 10.3 Å². The molecule has 1 aliphatic heterocycles. The molecule has 82 valence electrons. The molecule has 0 aliphatic carbocycles. The summed E-state index contributed by atoms with van der Waals surface area (Å²) >= 11 is 0. The van der Waals surface area contributed by atoms with Crippen molar-refractivity contribution in [2.75, 3.05) is 20.8 Å². The number of nitrogens with zero attached hydrogens (tertiary/aromatic N) is 1. The van der Waals surface area contributed by atoms with Crippen LogP contribution in [0.3, 0.4) is 0 Å². The highest BCUT2D eigenvalue weighted by Gasteiger charge is 2.19. The molecule has 2 heterocycles. The number of rotatable bonds is 3. The molecule has 1 saturated heterocycles. The minimum atomic E-state index is 0.366. The van der Waals surface area contributed by atoms with E-state index in [1.165, 1.54) is 6.42 Å². The van der Waals surface area contributed by atoms with E-state index in [4.69, 9.17) is 9.47 Å². The SMILES string of the molecule is COc1ccc(C2CCCN2)nc1OC. The van der Waals surface area contributed by atoms with E-state index in [-0.39, 0.29) is 0 Å². The normalized spacial score (nSPS) is 20.3. The highest BCUT2D eigenvalue weighted by molar-refractivity contribution is 5.35. The maximum Gasteiger partial charge on any atom is 0.257 e. The Morgan fingerprint density at radius 2 is 2.20 bits per heavy atom. The van der Waals surface area contributed by atoms with Crippen molar-refractivity contribution in [2.45, 2.75) is 18.9 Å². The summed E-state index contributed by atoms with van der Waals surface area (Å²) in [5, 5.41) is 3.40. The summed E-state index contributed by atoms with van der Waals surface area (Å²) in [6.45, 7) is 1.07. The largest absolute Gasteiger partial charge is 0.491 e. The molecule has 0 bridgehead atoms. The molecule has 0 aromatic carbocycles. The number of pyridine rings is 1. The Morgan fingerprint density at radius 1 is 1.33 bits per heavy atom. The Morgan fingerprint density at radius 3 is 2.80 bits per heavy atom. The molecule has 1 atom stereocenters. The Labute approximate surface area is 89.6 Å². The summed E-state index contributed by atoms with van der Waals surface area (Å²) in [7, 11) is 3.23. The lowest BCUT2D eigenvalue weighted by molar-refractivity contribution is 0.340. The van der Waals surface area contributed by atoms with Crippen LogP contribution < -0.4 is 14.8 Å². The molecule has 2 rings (SSSR count). The molecule has 4 nitrogen and oxygen atoms in total. The van der Waals surface area contributed by atoms with Crippen molar-refractivity contribution in [1.29, 1.82) is 0 Å². The molecule has 0 spiro atoms. The maximum absolute atomic E-state index is 5.17. The predicted octanol–water partition coefficient (Wildman–Crippen LogP) is 1.52. The van der Waals surface area contributed by atoms with Crippen LogP contribution in [0.15, 0.2) is 12.1 Å². The summed E-state index contributed by atoms with van der Waals surface area (Å²) < 4.78 is 10.3. The van der Waals surface area contributed by atoms with Gasteiger partial charge in [0.2, 0.25) is 0 Å². The molecule has 1 aromatic heterocycles. The standard InChI is InChI=1S/C11H16N2O2/c1-14-10-6-5-9(13-11(10)15-2)8-4-3-7-12-8/h5-6,8,12H,3-4,7H2,1-2H3. The van der Waals surface area contributed by atoms with Gasteiger partial charge in [0.15, 0.2) is 5.75 Å². The lowest BCUT2D eigenvalue weighted by Gasteiger charge is -2.12. The van der Waals surface area contributed by atoms with E-state index in [1.807, 2.05) is 12.1 Å². The number of hydrogen-bond donors (Lipinski definition) is 1. The van der Waals surface area contributed by atoms with Crippen LogP contribution in [0.25, 0.3) is 0 Å². The number of methoxy groups -OCH3 is 2. The van der Waals surface area contributed by atoms with Gasteiger partial charge >= 0.3 is 0 Å². The second-order valence-electron chi connectivity index (χ2n) is 3.60. The van der Waals surface area contributed by atoms with Crippen LogP contribution in [-0.2, 0) is 0 Å².